The van der Waals surface area contributed by atoms with Gasteiger partial charge < -0.3 is 9.72 Å². The SMILES string of the molecule is COc1ccc(C(F)(F)F)cc1-c1cnc[nH]1. The molecule has 17 heavy (non-hydrogen) atoms. The van der Waals surface area contributed by atoms with E-state index in [1.807, 2.05) is 0 Å². The maximum Gasteiger partial charge on any atom is 0.416 e. The highest BCUT2D eigenvalue weighted by Crippen LogP contribution is 2.36. The Hall–Kier alpha value is -1.98. The molecular formula is C11H9F3N2O. The Bertz CT molecular complexity index is 506. The summed E-state index contributed by atoms with van der Waals surface area (Å²) in [6, 6.07) is 3.31. The molecule has 0 radical (unpaired) electrons. The van der Waals surface area contributed by atoms with Crippen LogP contribution in [-0.4, -0.2) is 17.1 Å². The maximum atomic E-state index is 12.6. The fraction of sp³-hybridized carbons (Fsp3) is 0.182. The normalized spacial score (nSPS) is 11.5. The van der Waals surface area contributed by atoms with Gasteiger partial charge in [0.05, 0.1) is 30.9 Å². The fourth-order valence-electron chi connectivity index (χ4n) is 1.50. The molecule has 0 atom stereocenters. The van der Waals surface area contributed by atoms with E-state index in [9.17, 15) is 13.2 Å². The Morgan fingerprint density at radius 3 is 2.59 bits per heavy atom. The third kappa shape index (κ3) is 2.25. The smallest absolute Gasteiger partial charge is 0.416 e. The molecule has 0 fully saturated rings. The number of halogens is 3. The van der Waals surface area contributed by atoms with Gasteiger partial charge in [0.15, 0.2) is 0 Å². The Morgan fingerprint density at radius 2 is 2.06 bits per heavy atom. The first-order valence-corrected chi connectivity index (χ1v) is 4.76. The van der Waals surface area contributed by atoms with Crippen LogP contribution in [0.2, 0.25) is 0 Å². The molecule has 0 aliphatic heterocycles. The zero-order chi connectivity index (χ0) is 12.5. The number of rotatable bonds is 2. The van der Waals surface area contributed by atoms with Gasteiger partial charge in [0.1, 0.15) is 5.75 Å². The molecule has 1 N–H and O–H groups in total. The highest BCUT2D eigenvalue weighted by atomic mass is 19.4. The quantitative estimate of drug-likeness (QED) is 0.878. The van der Waals surface area contributed by atoms with Gasteiger partial charge in [-0.25, -0.2) is 4.98 Å². The number of nitrogens with zero attached hydrogens (tertiary/aromatic N) is 1. The number of methoxy groups -OCH3 is 1. The van der Waals surface area contributed by atoms with E-state index in [-0.39, 0.29) is 0 Å². The van der Waals surface area contributed by atoms with Crippen molar-refractivity contribution in [3.05, 3.63) is 36.3 Å². The van der Waals surface area contributed by atoms with Crippen molar-refractivity contribution in [2.24, 2.45) is 0 Å². The number of imidazole rings is 1. The van der Waals surface area contributed by atoms with Gasteiger partial charge in [0.2, 0.25) is 0 Å². The highest BCUT2D eigenvalue weighted by Gasteiger charge is 2.31. The van der Waals surface area contributed by atoms with Gasteiger partial charge in [-0.1, -0.05) is 0 Å². The topological polar surface area (TPSA) is 37.9 Å². The van der Waals surface area contributed by atoms with Gasteiger partial charge in [0, 0.05) is 5.56 Å². The lowest BCUT2D eigenvalue weighted by atomic mass is 10.1. The first kappa shape index (κ1) is 11.5. The summed E-state index contributed by atoms with van der Waals surface area (Å²) in [5, 5.41) is 0. The number of aromatic nitrogens is 2. The van der Waals surface area contributed by atoms with Crippen LogP contribution < -0.4 is 4.74 Å². The lowest BCUT2D eigenvalue weighted by Gasteiger charge is -2.11. The lowest BCUT2D eigenvalue weighted by molar-refractivity contribution is -0.137. The summed E-state index contributed by atoms with van der Waals surface area (Å²) >= 11 is 0. The first-order chi connectivity index (χ1) is 8.02. The maximum absolute atomic E-state index is 12.6. The number of aromatic amines is 1. The first-order valence-electron chi connectivity index (χ1n) is 4.76. The molecule has 0 bridgehead atoms. The second-order valence-corrected chi connectivity index (χ2v) is 3.38. The van der Waals surface area contributed by atoms with Crippen molar-refractivity contribution in [2.75, 3.05) is 7.11 Å². The molecule has 90 valence electrons. The summed E-state index contributed by atoms with van der Waals surface area (Å²) in [6.07, 6.45) is -1.53. The van der Waals surface area contributed by atoms with Crippen molar-refractivity contribution in [3.8, 4) is 17.0 Å². The van der Waals surface area contributed by atoms with Gasteiger partial charge in [-0.3, -0.25) is 0 Å². The van der Waals surface area contributed by atoms with Gasteiger partial charge in [-0.05, 0) is 18.2 Å². The molecule has 0 unspecified atom stereocenters. The van der Waals surface area contributed by atoms with E-state index in [0.29, 0.717) is 17.0 Å². The number of ether oxygens (including phenoxy) is 1. The molecule has 0 saturated carbocycles. The third-order valence-electron chi connectivity index (χ3n) is 2.32. The van der Waals surface area contributed by atoms with E-state index in [1.54, 1.807) is 0 Å². The van der Waals surface area contributed by atoms with Crippen molar-refractivity contribution in [3.63, 3.8) is 0 Å². The monoisotopic (exact) mass is 242 g/mol. The van der Waals surface area contributed by atoms with Crippen molar-refractivity contribution in [2.45, 2.75) is 6.18 Å². The fourth-order valence-corrected chi connectivity index (χ4v) is 1.50. The predicted octanol–water partition coefficient (Wildman–Crippen LogP) is 3.10. The minimum Gasteiger partial charge on any atom is -0.496 e. The summed E-state index contributed by atoms with van der Waals surface area (Å²) < 4.78 is 42.8. The van der Waals surface area contributed by atoms with E-state index in [4.69, 9.17) is 4.74 Å². The molecule has 0 aliphatic rings. The zero-order valence-electron chi connectivity index (χ0n) is 8.88. The van der Waals surface area contributed by atoms with Crippen molar-refractivity contribution in [1.29, 1.82) is 0 Å². The summed E-state index contributed by atoms with van der Waals surface area (Å²) in [5.41, 5.74) is 0.0932. The molecule has 1 aromatic heterocycles. The van der Waals surface area contributed by atoms with Crippen molar-refractivity contribution in [1.82, 2.24) is 9.97 Å². The van der Waals surface area contributed by atoms with E-state index < -0.39 is 11.7 Å². The van der Waals surface area contributed by atoms with Gasteiger partial charge in [0.25, 0.3) is 0 Å². The number of hydrogen-bond donors (Lipinski definition) is 1. The average Bonchev–Trinajstić information content (AvgIpc) is 2.80. The minimum absolute atomic E-state index is 0.333. The zero-order valence-corrected chi connectivity index (χ0v) is 8.88. The van der Waals surface area contributed by atoms with Crippen molar-refractivity contribution < 1.29 is 17.9 Å². The van der Waals surface area contributed by atoms with E-state index in [0.717, 1.165) is 12.1 Å². The standard InChI is InChI=1S/C11H9F3N2O/c1-17-10-3-2-7(11(12,13)14)4-8(10)9-5-15-6-16-9/h2-6H,1H3,(H,15,16). The Balaban J connectivity index is 2.55. The van der Waals surface area contributed by atoms with E-state index in [2.05, 4.69) is 9.97 Å². The van der Waals surface area contributed by atoms with Crippen LogP contribution in [0.4, 0.5) is 13.2 Å². The van der Waals surface area contributed by atoms with Gasteiger partial charge in [-0.15, -0.1) is 0 Å². The Labute approximate surface area is 95.3 Å². The molecular weight excluding hydrogens is 233 g/mol. The van der Waals surface area contributed by atoms with Crippen LogP contribution in [0, 0.1) is 0 Å². The molecule has 0 aliphatic carbocycles. The number of H-pyrrole nitrogens is 1. The van der Waals surface area contributed by atoms with Crippen LogP contribution in [0.3, 0.4) is 0 Å². The lowest BCUT2D eigenvalue weighted by Crippen LogP contribution is -2.05. The predicted molar refractivity (Wildman–Crippen MR) is 55.6 cm³/mol. The van der Waals surface area contributed by atoms with Crippen LogP contribution in [0.25, 0.3) is 11.3 Å². The summed E-state index contributed by atoms with van der Waals surface area (Å²) in [5.74, 6) is 0.363. The number of benzene rings is 1. The molecule has 3 nitrogen and oxygen atoms in total. The minimum atomic E-state index is -4.37. The molecule has 2 aromatic rings. The third-order valence-corrected chi connectivity index (χ3v) is 2.32. The Morgan fingerprint density at radius 1 is 1.29 bits per heavy atom. The highest BCUT2D eigenvalue weighted by molar-refractivity contribution is 5.67. The molecule has 0 amide bonds. The van der Waals surface area contributed by atoms with Gasteiger partial charge >= 0.3 is 6.18 Å². The number of alkyl halides is 3. The second kappa shape index (κ2) is 4.12. The van der Waals surface area contributed by atoms with Crippen LogP contribution in [0.15, 0.2) is 30.7 Å². The Kier molecular flexibility index (Phi) is 2.79. The number of nitrogens with one attached hydrogen (secondary N) is 1. The molecule has 0 spiro atoms. The number of hydrogen-bond acceptors (Lipinski definition) is 2. The molecule has 1 heterocycles. The molecule has 2 rings (SSSR count). The van der Waals surface area contributed by atoms with Gasteiger partial charge in [-0.2, -0.15) is 13.2 Å². The van der Waals surface area contributed by atoms with E-state index >= 15 is 0 Å². The summed E-state index contributed by atoms with van der Waals surface area (Å²) in [4.78, 5) is 6.52. The average molecular weight is 242 g/mol. The second-order valence-electron chi connectivity index (χ2n) is 3.38. The summed E-state index contributed by atoms with van der Waals surface area (Å²) in [7, 11) is 1.41. The van der Waals surface area contributed by atoms with Crippen LogP contribution in [0.5, 0.6) is 5.75 Å². The van der Waals surface area contributed by atoms with Crippen LogP contribution in [0.1, 0.15) is 5.56 Å². The summed E-state index contributed by atoms with van der Waals surface area (Å²) in [6.45, 7) is 0. The largest absolute Gasteiger partial charge is 0.496 e. The molecule has 1 aromatic carbocycles. The van der Waals surface area contributed by atoms with Crippen molar-refractivity contribution >= 4 is 0 Å². The van der Waals surface area contributed by atoms with E-state index in [1.165, 1.54) is 25.7 Å². The van der Waals surface area contributed by atoms with Crippen LogP contribution >= 0.6 is 0 Å². The molecule has 0 saturated heterocycles. The molecule has 6 heteroatoms. The van der Waals surface area contributed by atoms with Crippen LogP contribution in [-0.2, 0) is 6.18 Å².